The van der Waals surface area contributed by atoms with Crippen molar-refractivity contribution in [3.05, 3.63) is 42.0 Å². The Kier molecular flexibility index (Phi) is 4.15. The SMILES string of the molecule is C(=C/c1ccccc1)/CSc1nnc(NC2CC2)s1. The molecule has 1 saturated carbocycles. The average molecular weight is 289 g/mol. The molecule has 0 bridgehead atoms. The summed E-state index contributed by atoms with van der Waals surface area (Å²) >= 11 is 3.37. The first-order valence-corrected chi connectivity index (χ1v) is 8.15. The molecule has 0 saturated heterocycles. The van der Waals surface area contributed by atoms with Gasteiger partial charge >= 0.3 is 0 Å². The molecule has 0 unspecified atom stereocenters. The minimum atomic E-state index is 0.642. The Bertz CT molecular complexity index is 547. The average Bonchev–Trinajstić information content (AvgIpc) is 3.14. The Morgan fingerprint density at radius 3 is 2.89 bits per heavy atom. The second-order valence-corrected chi connectivity index (χ2v) is 6.66. The van der Waals surface area contributed by atoms with Crippen LogP contribution in [0.1, 0.15) is 18.4 Å². The van der Waals surface area contributed by atoms with Crippen LogP contribution in [0.2, 0.25) is 0 Å². The van der Waals surface area contributed by atoms with Crippen molar-refractivity contribution in [2.75, 3.05) is 11.1 Å². The van der Waals surface area contributed by atoms with Crippen molar-refractivity contribution in [2.24, 2.45) is 0 Å². The van der Waals surface area contributed by atoms with E-state index in [1.165, 1.54) is 18.4 Å². The number of nitrogens with one attached hydrogen (secondary N) is 1. The standard InChI is InChI=1S/C14H15N3S2/c1-2-5-11(6-3-1)7-4-10-18-14-17-16-13(19-14)15-12-8-9-12/h1-7,12H,8-10H2,(H,15,16)/b7-4-. The van der Waals surface area contributed by atoms with E-state index in [-0.39, 0.29) is 0 Å². The molecule has 5 heteroatoms. The predicted molar refractivity (Wildman–Crippen MR) is 82.8 cm³/mol. The van der Waals surface area contributed by atoms with E-state index in [9.17, 15) is 0 Å². The number of rotatable bonds is 6. The molecule has 1 aliphatic rings. The molecule has 0 radical (unpaired) electrons. The van der Waals surface area contributed by atoms with Crippen LogP contribution in [0, 0.1) is 0 Å². The molecule has 98 valence electrons. The van der Waals surface area contributed by atoms with Crippen LogP contribution in [-0.4, -0.2) is 22.0 Å². The Hall–Kier alpha value is -1.33. The fourth-order valence-corrected chi connectivity index (χ4v) is 3.26. The van der Waals surface area contributed by atoms with Crippen molar-refractivity contribution in [3.8, 4) is 0 Å². The van der Waals surface area contributed by atoms with Gasteiger partial charge in [0.25, 0.3) is 0 Å². The monoisotopic (exact) mass is 289 g/mol. The molecule has 1 aliphatic carbocycles. The van der Waals surface area contributed by atoms with Crippen LogP contribution in [0.3, 0.4) is 0 Å². The minimum Gasteiger partial charge on any atom is -0.357 e. The van der Waals surface area contributed by atoms with Crippen LogP contribution in [0.15, 0.2) is 40.7 Å². The van der Waals surface area contributed by atoms with Crippen molar-refractivity contribution in [1.82, 2.24) is 10.2 Å². The van der Waals surface area contributed by atoms with Gasteiger partial charge in [-0.05, 0) is 18.4 Å². The molecule has 1 heterocycles. The fraction of sp³-hybridized carbons (Fsp3) is 0.286. The molecule has 19 heavy (non-hydrogen) atoms. The third kappa shape index (κ3) is 4.08. The van der Waals surface area contributed by atoms with E-state index >= 15 is 0 Å². The first-order chi connectivity index (χ1) is 9.40. The maximum atomic E-state index is 4.18. The first-order valence-electron chi connectivity index (χ1n) is 6.34. The van der Waals surface area contributed by atoms with Crippen LogP contribution >= 0.6 is 23.1 Å². The van der Waals surface area contributed by atoms with Crippen molar-refractivity contribution in [3.63, 3.8) is 0 Å². The molecular formula is C14H15N3S2. The van der Waals surface area contributed by atoms with Gasteiger partial charge in [0.2, 0.25) is 5.13 Å². The summed E-state index contributed by atoms with van der Waals surface area (Å²) in [6.07, 6.45) is 6.83. The van der Waals surface area contributed by atoms with Gasteiger partial charge in [-0.3, -0.25) is 0 Å². The highest BCUT2D eigenvalue weighted by Gasteiger charge is 2.22. The normalized spacial score (nSPS) is 14.9. The van der Waals surface area contributed by atoms with E-state index in [1.54, 1.807) is 23.1 Å². The highest BCUT2D eigenvalue weighted by molar-refractivity contribution is 8.01. The Morgan fingerprint density at radius 1 is 1.26 bits per heavy atom. The van der Waals surface area contributed by atoms with Gasteiger partial charge in [-0.2, -0.15) is 0 Å². The number of hydrogen-bond acceptors (Lipinski definition) is 5. The van der Waals surface area contributed by atoms with Crippen LogP contribution in [0.25, 0.3) is 6.08 Å². The van der Waals surface area contributed by atoms with Gasteiger partial charge in [-0.25, -0.2) is 0 Å². The van der Waals surface area contributed by atoms with Crippen molar-refractivity contribution >= 4 is 34.3 Å². The lowest BCUT2D eigenvalue weighted by atomic mass is 10.2. The molecular weight excluding hydrogens is 274 g/mol. The first kappa shape index (κ1) is 12.7. The zero-order valence-corrected chi connectivity index (χ0v) is 12.1. The Balaban J connectivity index is 1.46. The summed E-state index contributed by atoms with van der Waals surface area (Å²) in [6, 6.07) is 11.0. The van der Waals surface area contributed by atoms with Crippen LogP contribution in [0.5, 0.6) is 0 Å². The summed E-state index contributed by atoms with van der Waals surface area (Å²) < 4.78 is 1.03. The van der Waals surface area contributed by atoms with Crippen LogP contribution in [0.4, 0.5) is 5.13 Å². The van der Waals surface area contributed by atoms with Gasteiger partial charge < -0.3 is 5.32 Å². The minimum absolute atomic E-state index is 0.642. The molecule has 1 aromatic heterocycles. The van der Waals surface area contributed by atoms with Gasteiger partial charge in [-0.1, -0.05) is 65.6 Å². The number of aromatic nitrogens is 2. The molecule has 0 atom stereocenters. The molecule has 1 fully saturated rings. The van der Waals surface area contributed by atoms with Gasteiger partial charge in [0.15, 0.2) is 4.34 Å². The second kappa shape index (κ2) is 6.21. The van der Waals surface area contributed by atoms with Crippen molar-refractivity contribution in [2.45, 2.75) is 23.2 Å². The van der Waals surface area contributed by atoms with Crippen molar-refractivity contribution in [1.29, 1.82) is 0 Å². The molecule has 1 N–H and O–H groups in total. The summed E-state index contributed by atoms with van der Waals surface area (Å²) in [5.74, 6) is 0.924. The number of benzene rings is 1. The lowest BCUT2D eigenvalue weighted by Crippen LogP contribution is -1.99. The number of thioether (sulfide) groups is 1. The summed E-state index contributed by atoms with van der Waals surface area (Å²) in [7, 11) is 0. The van der Waals surface area contributed by atoms with E-state index < -0.39 is 0 Å². The topological polar surface area (TPSA) is 37.8 Å². The van der Waals surface area contributed by atoms with E-state index in [1.807, 2.05) is 18.2 Å². The molecule has 0 aliphatic heterocycles. The van der Waals surface area contributed by atoms with Gasteiger partial charge in [-0.15, -0.1) is 10.2 Å². The molecule has 0 amide bonds. The van der Waals surface area contributed by atoms with Crippen LogP contribution < -0.4 is 5.32 Å². The zero-order chi connectivity index (χ0) is 12.9. The highest BCUT2D eigenvalue weighted by atomic mass is 32.2. The molecule has 3 nitrogen and oxygen atoms in total. The maximum absolute atomic E-state index is 4.18. The number of anilines is 1. The smallest absolute Gasteiger partial charge is 0.206 e. The fourth-order valence-electron chi connectivity index (χ4n) is 1.60. The molecule has 2 aromatic rings. The summed E-state index contributed by atoms with van der Waals surface area (Å²) in [5, 5.41) is 12.6. The van der Waals surface area contributed by atoms with E-state index in [2.05, 4.69) is 39.8 Å². The molecule has 3 rings (SSSR count). The second-order valence-electron chi connectivity index (χ2n) is 4.42. The quantitative estimate of drug-likeness (QED) is 0.818. The number of nitrogens with zero attached hydrogens (tertiary/aromatic N) is 2. The Morgan fingerprint density at radius 2 is 2.11 bits per heavy atom. The molecule has 1 aromatic carbocycles. The zero-order valence-electron chi connectivity index (χ0n) is 10.5. The summed E-state index contributed by atoms with van der Waals surface area (Å²) in [6.45, 7) is 0. The van der Waals surface area contributed by atoms with Gasteiger partial charge in [0.1, 0.15) is 0 Å². The predicted octanol–water partition coefficient (Wildman–Crippen LogP) is 3.92. The summed E-state index contributed by atoms with van der Waals surface area (Å²) in [5.41, 5.74) is 1.23. The lowest BCUT2D eigenvalue weighted by molar-refractivity contribution is 0.995. The third-order valence-electron chi connectivity index (χ3n) is 2.72. The maximum Gasteiger partial charge on any atom is 0.206 e. The van der Waals surface area contributed by atoms with Gasteiger partial charge in [0, 0.05) is 11.8 Å². The third-order valence-corrected chi connectivity index (χ3v) is 4.66. The number of hydrogen-bond donors (Lipinski definition) is 1. The van der Waals surface area contributed by atoms with Crippen LogP contribution in [-0.2, 0) is 0 Å². The van der Waals surface area contributed by atoms with E-state index in [0.717, 1.165) is 15.2 Å². The summed E-state index contributed by atoms with van der Waals surface area (Å²) in [4.78, 5) is 0. The van der Waals surface area contributed by atoms with E-state index in [4.69, 9.17) is 0 Å². The Labute approximate surface area is 121 Å². The highest BCUT2D eigenvalue weighted by Crippen LogP contribution is 2.30. The molecule has 0 spiro atoms. The van der Waals surface area contributed by atoms with E-state index in [0.29, 0.717) is 6.04 Å². The largest absolute Gasteiger partial charge is 0.357 e. The van der Waals surface area contributed by atoms with Gasteiger partial charge in [0.05, 0.1) is 0 Å². The van der Waals surface area contributed by atoms with Crippen molar-refractivity contribution < 1.29 is 0 Å². The lowest BCUT2D eigenvalue weighted by Gasteiger charge is -1.94.